The minimum Gasteiger partial charge on any atom is -0.391 e. The Bertz CT molecular complexity index is 1360. The predicted octanol–water partition coefficient (Wildman–Crippen LogP) is 12.4. The van der Waals surface area contributed by atoms with Gasteiger partial charge in [-0.1, -0.05) is 118 Å². The third-order valence-corrected chi connectivity index (χ3v) is 12.3. The summed E-state index contributed by atoms with van der Waals surface area (Å²) in [6, 6.07) is 0. The van der Waals surface area contributed by atoms with Gasteiger partial charge in [-0.2, -0.15) is 0 Å². The Morgan fingerprint density at radius 1 is 0.936 bits per heavy atom. The van der Waals surface area contributed by atoms with Gasteiger partial charge in [-0.3, -0.25) is 0 Å². The molecule has 6 atom stereocenters. The minimum absolute atomic E-state index is 0.309. The lowest BCUT2D eigenvalue weighted by Gasteiger charge is -2.37. The lowest BCUT2D eigenvalue weighted by molar-refractivity contribution is 0.0408. The third kappa shape index (κ3) is 9.65. The molecule has 1 nitrogen and oxygen atoms in total. The van der Waals surface area contributed by atoms with Crippen LogP contribution in [-0.2, 0) is 0 Å². The first-order chi connectivity index (χ1) is 22.4. The summed E-state index contributed by atoms with van der Waals surface area (Å²) in [5, 5.41) is 10.3. The highest BCUT2D eigenvalue weighted by molar-refractivity contribution is 6.50. The van der Waals surface area contributed by atoms with Gasteiger partial charge in [-0.05, 0) is 143 Å². The summed E-state index contributed by atoms with van der Waals surface area (Å²) in [6.07, 6.45) is 43.1. The molecule has 0 aromatic carbocycles. The van der Waals surface area contributed by atoms with Gasteiger partial charge < -0.3 is 5.11 Å². The van der Waals surface area contributed by atoms with E-state index < -0.39 is 5.60 Å². The molecule has 0 aromatic heterocycles. The van der Waals surface area contributed by atoms with Crippen molar-refractivity contribution in [2.45, 2.75) is 136 Å². The summed E-state index contributed by atoms with van der Waals surface area (Å²) in [5.41, 5.74) is 8.55. The van der Waals surface area contributed by atoms with Crippen molar-refractivity contribution in [3.05, 3.63) is 107 Å². The highest BCUT2D eigenvalue weighted by Gasteiger charge is 2.36. The van der Waals surface area contributed by atoms with E-state index in [1.165, 1.54) is 77.0 Å². The summed E-state index contributed by atoms with van der Waals surface area (Å²) < 4.78 is 0. The molecule has 0 aliphatic heterocycles. The van der Waals surface area contributed by atoms with Crippen molar-refractivity contribution in [2.24, 2.45) is 35.5 Å². The monoisotopic (exact) mass is 632 g/mol. The molecule has 1 N–H and O–H groups in total. The van der Waals surface area contributed by atoms with Crippen LogP contribution in [0.15, 0.2) is 107 Å². The fourth-order valence-electron chi connectivity index (χ4n) is 8.69. The van der Waals surface area contributed by atoms with Crippen molar-refractivity contribution in [3.63, 3.8) is 0 Å². The highest BCUT2D eigenvalue weighted by Crippen LogP contribution is 2.44. The van der Waals surface area contributed by atoms with Gasteiger partial charge in [0.25, 0.3) is 0 Å². The molecule has 0 bridgehead atoms. The van der Waals surface area contributed by atoms with Gasteiger partial charge in [0.2, 0.25) is 0 Å². The van der Waals surface area contributed by atoms with Crippen LogP contribution in [0.5, 0.6) is 0 Å². The summed E-state index contributed by atoms with van der Waals surface area (Å²) in [5.74, 6) is 3.97. The molecule has 5 aliphatic carbocycles. The van der Waals surface area contributed by atoms with Gasteiger partial charge in [-0.15, -0.1) is 0 Å². The van der Waals surface area contributed by atoms with Crippen molar-refractivity contribution in [1.29, 1.82) is 0 Å². The minimum atomic E-state index is -0.773. The van der Waals surface area contributed by atoms with E-state index in [0.29, 0.717) is 23.7 Å². The first kappa shape index (κ1) is 36.0. The van der Waals surface area contributed by atoms with Gasteiger partial charge in [0, 0.05) is 11.8 Å². The molecule has 2 heteroatoms. The lowest BCUT2D eigenvalue weighted by atomic mass is 9.44. The van der Waals surface area contributed by atoms with Crippen LogP contribution in [0.4, 0.5) is 0 Å². The molecule has 0 saturated heterocycles. The normalized spacial score (nSPS) is 30.5. The topological polar surface area (TPSA) is 20.2 Å². The molecule has 0 spiro atoms. The average molecular weight is 632 g/mol. The average Bonchev–Trinajstić information content (AvgIpc) is 3.05. The quantitative estimate of drug-likeness (QED) is 0.0983. The van der Waals surface area contributed by atoms with E-state index in [1.54, 1.807) is 27.9 Å². The van der Waals surface area contributed by atoms with E-state index >= 15 is 0 Å². The van der Waals surface area contributed by atoms with E-state index in [0.717, 1.165) is 23.7 Å². The van der Waals surface area contributed by atoms with E-state index in [9.17, 15) is 5.11 Å². The summed E-state index contributed by atoms with van der Waals surface area (Å²) in [4.78, 5) is 0. The molecule has 1 radical (unpaired) electrons. The Hall–Kier alpha value is -2.32. The number of hydrogen-bond donors (Lipinski definition) is 1. The second-order valence-corrected chi connectivity index (χ2v) is 16.9. The molecule has 4 unspecified atom stereocenters. The molecule has 0 fully saturated rings. The summed E-state index contributed by atoms with van der Waals surface area (Å²) in [7, 11) is 2.19. The smallest absolute Gasteiger partial charge is 0.161 e. The van der Waals surface area contributed by atoms with Gasteiger partial charge in [0.15, 0.2) is 7.28 Å². The third-order valence-electron chi connectivity index (χ3n) is 12.3. The zero-order chi connectivity index (χ0) is 33.6. The number of allylic oxidation sites excluding steroid dienone is 17. The van der Waals surface area contributed by atoms with Crippen molar-refractivity contribution < 1.29 is 5.11 Å². The predicted molar refractivity (Wildman–Crippen MR) is 205 cm³/mol. The van der Waals surface area contributed by atoms with E-state index in [4.69, 9.17) is 0 Å². The Balaban J connectivity index is 1.26. The Morgan fingerprint density at radius 2 is 1.77 bits per heavy atom. The Morgan fingerprint density at radius 3 is 2.45 bits per heavy atom. The van der Waals surface area contributed by atoms with Gasteiger partial charge in [-0.25, -0.2) is 0 Å². The number of rotatable bonds is 12. The molecule has 0 heterocycles. The molecule has 5 aliphatic rings. The first-order valence-corrected chi connectivity index (χ1v) is 19.2. The van der Waals surface area contributed by atoms with Crippen LogP contribution in [0.2, 0.25) is 5.31 Å². The molecule has 0 saturated carbocycles. The van der Waals surface area contributed by atoms with Crippen molar-refractivity contribution >= 4 is 7.28 Å². The largest absolute Gasteiger partial charge is 0.391 e. The highest BCUT2D eigenvalue weighted by atomic mass is 16.3. The molecule has 0 amide bonds. The van der Waals surface area contributed by atoms with Gasteiger partial charge in [0.1, 0.15) is 0 Å². The van der Waals surface area contributed by atoms with Crippen molar-refractivity contribution in [3.8, 4) is 0 Å². The van der Waals surface area contributed by atoms with Gasteiger partial charge in [0.05, 0.1) is 5.60 Å². The Kier molecular flexibility index (Phi) is 12.2. The molecule has 0 aromatic rings. The van der Waals surface area contributed by atoms with Crippen LogP contribution in [-0.4, -0.2) is 18.0 Å². The fraction of sp³-hybridized carbons (Fsp3) is 0.600. The summed E-state index contributed by atoms with van der Waals surface area (Å²) in [6.45, 7) is 16.9. The van der Waals surface area contributed by atoms with Crippen LogP contribution in [0.1, 0.15) is 125 Å². The fourth-order valence-corrected chi connectivity index (χ4v) is 8.69. The second-order valence-electron chi connectivity index (χ2n) is 16.9. The van der Waals surface area contributed by atoms with Crippen LogP contribution in [0, 0.1) is 35.5 Å². The van der Waals surface area contributed by atoms with E-state index in [-0.39, 0.29) is 5.31 Å². The first-order valence-electron chi connectivity index (χ1n) is 19.2. The molecule has 253 valence electrons. The SMILES string of the molecule is C=C/C([B]C(C)(C)C(C)(C)O)=C\CCC[C@@H]1CC([C@@H]2C=C(C3C=CCCC3)C=C(C3=CC=C(C4CC=CC(C)C4)CC3)C2)=CC(C)C1. The number of aliphatic hydroxyl groups is 1. The zero-order valence-corrected chi connectivity index (χ0v) is 30.7. The van der Waals surface area contributed by atoms with Gasteiger partial charge >= 0.3 is 0 Å². The molecule has 5 rings (SSSR count). The number of hydrogen-bond acceptors (Lipinski definition) is 1. The molecular weight excluding hydrogens is 567 g/mol. The van der Waals surface area contributed by atoms with Crippen molar-refractivity contribution in [1.82, 2.24) is 0 Å². The zero-order valence-electron chi connectivity index (χ0n) is 30.7. The van der Waals surface area contributed by atoms with Crippen LogP contribution >= 0.6 is 0 Å². The molecular formula is C45H64BO. The maximum absolute atomic E-state index is 10.6. The lowest BCUT2D eigenvalue weighted by Crippen LogP contribution is -2.38. The van der Waals surface area contributed by atoms with E-state index in [2.05, 4.69) is 102 Å². The Labute approximate surface area is 289 Å². The van der Waals surface area contributed by atoms with Crippen molar-refractivity contribution in [2.75, 3.05) is 0 Å². The van der Waals surface area contributed by atoms with Crippen LogP contribution < -0.4 is 0 Å². The van der Waals surface area contributed by atoms with E-state index in [1.807, 2.05) is 19.9 Å². The van der Waals surface area contributed by atoms with Crippen LogP contribution in [0.3, 0.4) is 0 Å². The van der Waals surface area contributed by atoms with Crippen LogP contribution in [0.25, 0.3) is 0 Å². The standard InChI is InChI=1S/C45H64BO/c1-8-43(46-44(4,5)45(6,7)47)20-13-12-16-34-25-33(3)27-39(28-34)42-30-40(35-17-10-9-11-18-35)29-41(31-42)37-23-21-36(22-24-37)38-19-14-15-32(2)26-38/h8,10,14-15,17,20-21,23,27,29-30,32-35,38,42,47H,1,9,11-13,16,18-19,22,24-26,28,31H2,2-7H3/b43-20+/t32?,33?,34-,35?,38?,42+/m0/s1. The number of unbranched alkanes of at least 4 members (excludes halogenated alkanes) is 1. The maximum atomic E-state index is 10.6. The maximum Gasteiger partial charge on any atom is 0.161 e. The molecule has 47 heavy (non-hydrogen) atoms. The summed E-state index contributed by atoms with van der Waals surface area (Å²) >= 11 is 0. The second kappa shape index (κ2) is 15.9.